The summed E-state index contributed by atoms with van der Waals surface area (Å²) in [5.41, 5.74) is 2.09. The average molecular weight is 264 g/mol. The van der Waals surface area contributed by atoms with Gasteiger partial charge in [-0.05, 0) is 30.0 Å². The molecule has 2 N–H and O–H groups in total. The minimum Gasteiger partial charge on any atom is -0.495 e. The molecule has 0 aliphatic heterocycles. The maximum Gasteiger partial charge on any atom is 0.241 e. The molecule has 1 aromatic rings. The van der Waals surface area contributed by atoms with E-state index in [1.807, 2.05) is 19.1 Å². The Hall–Kier alpha value is -1.71. The highest BCUT2D eigenvalue weighted by Gasteiger charge is 2.18. The fraction of sp³-hybridized carbons (Fsp3) is 0.533. The molecule has 19 heavy (non-hydrogen) atoms. The van der Waals surface area contributed by atoms with Crippen LogP contribution in [0.15, 0.2) is 18.2 Å². The molecule has 0 aliphatic carbocycles. The molecule has 4 nitrogen and oxygen atoms in total. The summed E-state index contributed by atoms with van der Waals surface area (Å²) < 4.78 is 5.33. The Morgan fingerprint density at radius 1 is 1.32 bits per heavy atom. The Morgan fingerprint density at radius 2 is 1.95 bits per heavy atom. The predicted molar refractivity (Wildman–Crippen MR) is 78.8 cm³/mol. The number of carbonyl (C=O) groups is 1. The summed E-state index contributed by atoms with van der Waals surface area (Å²) >= 11 is 0. The van der Waals surface area contributed by atoms with Crippen LogP contribution in [0.3, 0.4) is 0 Å². The Bertz CT molecular complexity index is 450. The number of hydrogen-bond donors (Lipinski definition) is 2. The largest absolute Gasteiger partial charge is 0.495 e. The lowest BCUT2D eigenvalue weighted by molar-refractivity contribution is -0.121. The zero-order chi connectivity index (χ0) is 14.6. The highest BCUT2D eigenvalue weighted by molar-refractivity contribution is 5.84. The highest BCUT2D eigenvalue weighted by atomic mass is 16.5. The zero-order valence-corrected chi connectivity index (χ0v) is 12.6. The minimum atomic E-state index is -0.311. The summed E-state index contributed by atoms with van der Waals surface area (Å²) in [6.45, 7) is 8.28. The van der Waals surface area contributed by atoms with Crippen LogP contribution in [0.4, 0.5) is 5.69 Å². The standard InChI is InChI=1S/C15H24N2O2/c1-10(14(18)16-5)17-12-9-11(15(2,3)4)7-8-13(12)19-6/h7-10,17H,1-6H3,(H,16,18)/t10-/m0/s1. The van der Waals surface area contributed by atoms with Gasteiger partial charge in [0.1, 0.15) is 11.8 Å². The summed E-state index contributed by atoms with van der Waals surface area (Å²) in [5, 5.41) is 5.81. The van der Waals surface area contributed by atoms with Crippen LogP contribution in [0.2, 0.25) is 0 Å². The topological polar surface area (TPSA) is 50.4 Å². The van der Waals surface area contributed by atoms with Gasteiger partial charge in [-0.3, -0.25) is 4.79 Å². The summed E-state index contributed by atoms with van der Waals surface area (Å²) in [7, 11) is 3.26. The third-order valence-electron chi connectivity index (χ3n) is 3.08. The van der Waals surface area contributed by atoms with Crippen LogP contribution in [0.1, 0.15) is 33.3 Å². The first-order valence-corrected chi connectivity index (χ1v) is 6.46. The van der Waals surface area contributed by atoms with Crippen molar-refractivity contribution in [3.63, 3.8) is 0 Å². The summed E-state index contributed by atoms with van der Waals surface area (Å²) in [4.78, 5) is 11.6. The predicted octanol–water partition coefficient (Wildman–Crippen LogP) is 2.54. The second kappa shape index (κ2) is 5.95. The van der Waals surface area contributed by atoms with E-state index in [1.165, 1.54) is 5.56 Å². The van der Waals surface area contributed by atoms with Gasteiger partial charge in [0.15, 0.2) is 0 Å². The number of amides is 1. The van der Waals surface area contributed by atoms with Crippen molar-refractivity contribution < 1.29 is 9.53 Å². The normalized spacial score (nSPS) is 12.7. The van der Waals surface area contributed by atoms with Gasteiger partial charge in [0.2, 0.25) is 5.91 Å². The third-order valence-corrected chi connectivity index (χ3v) is 3.08. The molecule has 1 amide bonds. The fourth-order valence-electron chi connectivity index (χ4n) is 1.80. The van der Waals surface area contributed by atoms with Crippen molar-refractivity contribution in [3.8, 4) is 5.75 Å². The first-order valence-electron chi connectivity index (χ1n) is 6.46. The van der Waals surface area contributed by atoms with E-state index in [1.54, 1.807) is 14.2 Å². The minimum absolute atomic E-state index is 0.0526. The Labute approximate surface area is 115 Å². The van der Waals surface area contributed by atoms with Crippen molar-refractivity contribution >= 4 is 11.6 Å². The van der Waals surface area contributed by atoms with E-state index in [2.05, 4.69) is 37.5 Å². The first-order chi connectivity index (χ1) is 8.79. The van der Waals surface area contributed by atoms with Crippen LogP contribution >= 0.6 is 0 Å². The Balaban J connectivity index is 3.06. The van der Waals surface area contributed by atoms with Gasteiger partial charge in [0.05, 0.1) is 12.8 Å². The van der Waals surface area contributed by atoms with Crippen LogP contribution in [-0.2, 0) is 10.2 Å². The molecule has 0 radical (unpaired) electrons. The van der Waals surface area contributed by atoms with Crippen molar-refractivity contribution in [2.45, 2.75) is 39.2 Å². The van der Waals surface area contributed by atoms with Gasteiger partial charge in [0, 0.05) is 7.05 Å². The Morgan fingerprint density at radius 3 is 2.42 bits per heavy atom. The fourth-order valence-corrected chi connectivity index (χ4v) is 1.80. The van der Waals surface area contributed by atoms with Crippen molar-refractivity contribution in [2.75, 3.05) is 19.5 Å². The van der Waals surface area contributed by atoms with E-state index in [-0.39, 0.29) is 17.4 Å². The van der Waals surface area contributed by atoms with Crippen LogP contribution in [-0.4, -0.2) is 26.1 Å². The van der Waals surface area contributed by atoms with E-state index < -0.39 is 0 Å². The first kappa shape index (κ1) is 15.3. The van der Waals surface area contributed by atoms with Gasteiger partial charge in [-0.2, -0.15) is 0 Å². The van der Waals surface area contributed by atoms with Crippen LogP contribution in [0.5, 0.6) is 5.75 Å². The van der Waals surface area contributed by atoms with Gasteiger partial charge in [0.25, 0.3) is 0 Å². The van der Waals surface area contributed by atoms with E-state index in [4.69, 9.17) is 4.74 Å². The van der Waals surface area contributed by atoms with E-state index in [0.717, 1.165) is 11.4 Å². The van der Waals surface area contributed by atoms with E-state index in [9.17, 15) is 4.79 Å². The van der Waals surface area contributed by atoms with Crippen LogP contribution in [0, 0.1) is 0 Å². The van der Waals surface area contributed by atoms with Gasteiger partial charge in [-0.25, -0.2) is 0 Å². The van der Waals surface area contributed by atoms with Gasteiger partial charge in [-0.1, -0.05) is 26.8 Å². The zero-order valence-electron chi connectivity index (χ0n) is 12.6. The second-order valence-electron chi connectivity index (χ2n) is 5.65. The monoisotopic (exact) mass is 264 g/mol. The average Bonchev–Trinajstić information content (AvgIpc) is 2.36. The van der Waals surface area contributed by atoms with Gasteiger partial charge in [-0.15, -0.1) is 0 Å². The summed E-state index contributed by atoms with van der Waals surface area (Å²) in [5.74, 6) is 0.687. The third kappa shape index (κ3) is 3.88. The number of ether oxygens (including phenoxy) is 1. The molecule has 0 bridgehead atoms. The molecule has 106 valence electrons. The number of anilines is 1. The number of methoxy groups -OCH3 is 1. The van der Waals surface area contributed by atoms with Gasteiger partial charge < -0.3 is 15.4 Å². The van der Waals surface area contributed by atoms with Crippen molar-refractivity contribution in [3.05, 3.63) is 23.8 Å². The highest BCUT2D eigenvalue weighted by Crippen LogP contribution is 2.31. The Kier molecular flexibility index (Phi) is 4.81. The molecule has 0 fully saturated rings. The molecule has 0 aliphatic rings. The molecular formula is C15H24N2O2. The lowest BCUT2D eigenvalue weighted by atomic mass is 9.86. The van der Waals surface area contributed by atoms with Crippen LogP contribution in [0.25, 0.3) is 0 Å². The number of likely N-dealkylation sites (N-methyl/N-ethyl adjacent to an activating group) is 1. The maximum atomic E-state index is 11.6. The quantitative estimate of drug-likeness (QED) is 0.878. The number of rotatable bonds is 4. The molecule has 1 atom stereocenters. The number of nitrogens with one attached hydrogen (secondary N) is 2. The summed E-state index contributed by atoms with van der Waals surface area (Å²) in [6.07, 6.45) is 0. The number of benzene rings is 1. The molecule has 0 saturated carbocycles. The van der Waals surface area contributed by atoms with Crippen molar-refractivity contribution in [1.82, 2.24) is 5.32 Å². The molecular weight excluding hydrogens is 240 g/mol. The lowest BCUT2D eigenvalue weighted by Crippen LogP contribution is -2.35. The molecule has 4 heteroatoms. The van der Waals surface area contributed by atoms with Crippen molar-refractivity contribution in [2.24, 2.45) is 0 Å². The number of hydrogen-bond acceptors (Lipinski definition) is 3. The molecule has 0 unspecified atom stereocenters. The molecule has 0 aromatic heterocycles. The SMILES string of the molecule is CNC(=O)[C@H](C)Nc1cc(C(C)(C)C)ccc1OC. The molecule has 1 aromatic carbocycles. The van der Waals surface area contributed by atoms with Crippen molar-refractivity contribution in [1.29, 1.82) is 0 Å². The molecule has 0 spiro atoms. The second-order valence-corrected chi connectivity index (χ2v) is 5.65. The molecule has 0 saturated heterocycles. The van der Waals surface area contributed by atoms with E-state index >= 15 is 0 Å². The lowest BCUT2D eigenvalue weighted by Gasteiger charge is -2.22. The van der Waals surface area contributed by atoms with E-state index in [0.29, 0.717) is 0 Å². The summed E-state index contributed by atoms with van der Waals surface area (Å²) in [6, 6.07) is 5.71. The van der Waals surface area contributed by atoms with Gasteiger partial charge >= 0.3 is 0 Å². The molecule has 1 rings (SSSR count). The smallest absolute Gasteiger partial charge is 0.241 e. The maximum absolute atomic E-state index is 11.6. The number of carbonyl (C=O) groups excluding carboxylic acids is 1. The van der Waals surface area contributed by atoms with Crippen LogP contribution < -0.4 is 15.4 Å². The molecule has 0 heterocycles.